The van der Waals surface area contributed by atoms with Gasteiger partial charge in [-0.3, -0.25) is 4.79 Å². The summed E-state index contributed by atoms with van der Waals surface area (Å²) in [6.07, 6.45) is 5.36. The molecule has 2 aliphatic rings. The predicted octanol–water partition coefficient (Wildman–Crippen LogP) is 5.29. The number of H-pyrrole nitrogens is 1. The third kappa shape index (κ3) is 3.19. The Kier molecular flexibility index (Phi) is 4.57. The molecule has 4 aromatic rings. The Morgan fingerprint density at radius 2 is 1.84 bits per heavy atom. The van der Waals surface area contributed by atoms with Crippen LogP contribution in [0.3, 0.4) is 0 Å². The van der Waals surface area contributed by atoms with Gasteiger partial charge in [-0.05, 0) is 52.9 Å². The molecule has 0 aliphatic carbocycles. The summed E-state index contributed by atoms with van der Waals surface area (Å²) in [5.41, 5.74) is 6.94. The van der Waals surface area contributed by atoms with Gasteiger partial charge in [0.25, 0.3) is 0 Å². The standard InChI is InChI=1S/C28H24N2O2/c31-26(13-10-19-6-2-1-3-7-19)30-16-14-23-22-8-4-5-9-24(22)29-27(23)28(30)21-11-12-25-20(18-21)15-17-32-25/h1-13,18,28-29H,14-17H2/b13-10+/t28-/m1/s1. The van der Waals surface area contributed by atoms with E-state index in [0.717, 1.165) is 47.5 Å². The SMILES string of the molecule is O=C(/C=C/c1ccccc1)N1CCc2c([nH]c3ccccc23)[C@H]1c1ccc2c(c1)CCO2. The van der Waals surface area contributed by atoms with Gasteiger partial charge in [-0.1, -0.05) is 54.6 Å². The first-order valence-electron chi connectivity index (χ1n) is 11.2. The average molecular weight is 421 g/mol. The zero-order valence-electron chi connectivity index (χ0n) is 17.8. The first-order valence-corrected chi connectivity index (χ1v) is 11.2. The van der Waals surface area contributed by atoms with Gasteiger partial charge in [0.05, 0.1) is 12.6 Å². The highest BCUT2D eigenvalue weighted by atomic mass is 16.5. The lowest BCUT2D eigenvalue weighted by Crippen LogP contribution is -2.39. The number of carbonyl (C=O) groups excluding carboxylic acids is 1. The smallest absolute Gasteiger partial charge is 0.247 e. The van der Waals surface area contributed by atoms with E-state index < -0.39 is 0 Å². The lowest BCUT2D eigenvalue weighted by atomic mass is 9.91. The average Bonchev–Trinajstić information content (AvgIpc) is 3.46. The highest BCUT2D eigenvalue weighted by Gasteiger charge is 2.34. The molecule has 32 heavy (non-hydrogen) atoms. The minimum absolute atomic E-state index is 0.0277. The van der Waals surface area contributed by atoms with Gasteiger partial charge in [0.2, 0.25) is 5.91 Å². The van der Waals surface area contributed by atoms with Gasteiger partial charge < -0.3 is 14.6 Å². The fourth-order valence-electron chi connectivity index (χ4n) is 5.03. The van der Waals surface area contributed by atoms with Crippen molar-refractivity contribution in [1.29, 1.82) is 0 Å². The predicted molar refractivity (Wildman–Crippen MR) is 127 cm³/mol. The van der Waals surface area contributed by atoms with Crippen LogP contribution in [0.1, 0.15) is 34.0 Å². The number of aromatic nitrogens is 1. The van der Waals surface area contributed by atoms with Crippen molar-refractivity contribution >= 4 is 22.9 Å². The number of rotatable bonds is 3. The van der Waals surface area contributed by atoms with Gasteiger partial charge in [-0.25, -0.2) is 0 Å². The minimum Gasteiger partial charge on any atom is -0.493 e. The molecule has 1 amide bonds. The molecule has 158 valence electrons. The highest BCUT2D eigenvalue weighted by Crippen LogP contribution is 2.40. The van der Waals surface area contributed by atoms with E-state index in [1.54, 1.807) is 6.08 Å². The van der Waals surface area contributed by atoms with Gasteiger partial charge in [0, 0.05) is 35.6 Å². The van der Waals surface area contributed by atoms with Gasteiger partial charge in [-0.2, -0.15) is 0 Å². The maximum atomic E-state index is 13.4. The highest BCUT2D eigenvalue weighted by molar-refractivity contribution is 5.93. The summed E-state index contributed by atoms with van der Waals surface area (Å²) in [6, 6.07) is 24.6. The summed E-state index contributed by atoms with van der Waals surface area (Å²) in [5, 5.41) is 1.25. The second-order valence-electron chi connectivity index (χ2n) is 8.46. The molecular formula is C28H24N2O2. The van der Waals surface area contributed by atoms with E-state index in [-0.39, 0.29) is 11.9 Å². The van der Waals surface area contributed by atoms with Crippen molar-refractivity contribution in [2.75, 3.05) is 13.2 Å². The number of nitrogens with zero attached hydrogens (tertiary/aromatic N) is 1. The Balaban J connectivity index is 1.44. The number of hydrogen-bond acceptors (Lipinski definition) is 2. The summed E-state index contributed by atoms with van der Waals surface area (Å²) in [4.78, 5) is 19.1. The maximum Gasteiger partial charge on any atom is 0.247 e. The molecule has 1 aromatic heterocycles. The number of aromatic amines is 1. The molecule has 1 atom stereocenters. The zero-order valence-corrected chi connectivity index (χ0v) is 17.8. The lowest BCUT2D eigenvalue weighted by molar-refractivity contribution is -0.128. The summed E-state index contributed by atoms with van der Waals surface area (Å²) in [6.45, 7) is 1.41. The molecule has 1 N–H and O–H groups in total. The Labute approximate surface area is 187 Å². The van der Waals surface area contributed by atoms with Crippen LogP contribution in [-0.2, 0) is 17.6 Å². The molecule has 0 spiro atoms. The van der Waals surface area contributed by atoms with Crippen molar-refractivity contribution in [3.8, 4) is 5.75 Å². The van der Waals surface area contributed by atoms with Crippen molar-refractivity contribution < 1.29 is 9.53 Å². The van der Waals surface area contributed by atoms with E-state index in [9.17, 15) is 4.79 Å². The van der Waals surface area contributed by atoms with E-state index in [0.29, 0.717) is 6.54 Å². The van der Waals surface area contributed by atoms with Gasteiger partial charge in [0.15, 0.2) is 0 Å². The number of amides is 1. The van der Waals surface area contributed by atoms with E-state index in [2.05, 4.69) is 47.4 Å². The molecular weight excluding hydrogens is 396 g/mol. The molecule has 0 radical (unpaired) electrons. The monoisotopic (exact) mass is 420 g/mol. The third-order valence-corrected chi connectivity index (χ3v) is 6.56. The molecule has 3 aromatic carbocycles. The van der Waals surface area contributed by atoms with Crippen LogP contribution in [0.5, 0.6) is 5.75 Å². The second kappa shape index (κ2) is 7.72. The van der Waals surface area contributed by atoms with Crippen LogP contribution in [-0.4, -0.2) is 28.9 Å². The fourth-order valence-corrected chi connectivity index (χ4v) is 5.03. The van der Waals surface area contributed by atoms with Crippen molar-refractivity contribution in [2.45, 2.75) is 18.9 Å². The van der Waals surface area contributed by atoms with Crippen LogP contribution in [0.2, 0.25) is 0 Å². The maximum absolute atomic E-state index is 13.4. The van der Waals surface area contributed by atoms with Crippen molar-refractivity contribution in [2.24, 2.45) is 0 Å². The third-order valence-electron chi connectivity index (χ3n) is 6.56. The molecule has 2 aliphatic heterocycles. The fraction of sp³-hybridized carbons (Fsp3) is 0.179. The summed E-state index contributed by atoms with van der Waals surface area (Å²) in [7, 11) is 0. The van der Waals surface area contributed by atoms with Crippen LogP contribution >= 0.6 is 0 Å². The van der Waals surface area contributed by atoms with E-state index >= 15 is 0 Å². The van der Waals surface area contributed by atoms with Crippen LogP contribution in [0.15, 0.2) is 78.9 Å². The molecule has 0 unspecified atom stereocenters. The van der Waals surface area contributed by atoms with Gasteiger partial charge in [-0.15, -0.1) is 0 Å². The molecule has 0 bridgehead atoms. The number of hydrogen-bond donors (Lipinski definition) is 1. The Morgan fingerprint density at radius 3 is 2.75 bits per heavy atom. The van der Waals surface area contributed by atoms with Crippen LogP contribution in [0, 0.1) is 0 Å². The van der Waals surface area contributed by atoms with Crippen molar-refractivity contribution in [1.82, 2.24) is 9.88 Å². The first-order chi connectivity index (χ1) is 15.8. The molecule has 4 nitrogen and oxygen atoms in total. The second-order valence-corrected chi connectivity index (χ2v) is 8.46. The quantitative estimate of drug-likeness (QED) is 0.458. The number of carbonyl (C=O) groups is 1. The number of benzene rings is 3. The molecule has 3 heterocycles. The van der Waals surface area contributed by atoms with Crippen molar-refractivity contribution in [3.05, 3.63) is 107 Å². The molecule has 4 heteroatoms. The molecule has 6 rings (SSSR count). The Hall–Kier alpha value is -3.79. The van der Waals surface area contributed by atoms with E-state index in [1.165, 1.54) is 16.5 Å². The minimum atomic E-state index is -0.148. The molecule has 0 fully saturated rings. The Bertz CT molecular complexity index is 1340. The normalized spacial score (nSPS) is 17.4. The van der Waals surface area contributed by atoms with Crippen LogP contribution < -0.4 is 4.74 Å². The number of nitrogens with one attached hydrogen (secondary N) is 1. The summed E-state index contributed by atoms with van der Waals surface area (Å²) >= 11 is 0. The summed E-state index contributed by atoms with van der Waals surface area (Å²) in [5.74, 6) is 0.989. The molecule has 0 saturated heterocycles. The van der Waals surface area contributed by atoms with Crippen LogP contribution in [0.25, 0.3) is 17.0 Å². The largest absolute Gasteiger partial charge is 0.493 e. The van der Waals surface area contributed by atoms with E-state index in [1.807, 2.05) is 41.3 Å². The van der Waals surface area contributed by atoms with E-state index in [4.69, 9.17) is 4.74 Å². The topological polar surface area (TPSA) is 45.3 Å². The molecule has 0 saturated carbocycles. The van der Waals surface area contributed by atoms with Crippen LogP contribution in [0.4, 0.5) is 0 Å². The number of para-hydroxylation sites is 1. The summed E-state index contributed by atoms with van der Waals surface area (Å²) < 4.78 is 5.72. The Morgan fingerprint density at radius 1 is 1.00 bits per heavy atom. The first kappa shape index (κ1) is 18.9. The van der Waals surface area contributed by atoms with Gasteiger partial charge >= 0.3 is 0 Å². The van der Waals surface area contributed by atoms with Crippen molar-refractivity contribution in [3.63, 3.8) is 0 Å². The lowest BCUT2D eigenvalue weighted by Gasteiger charge is -2.36. The number of ether oxygens (including phenoxy) is 1. The zero-order chi connectivity index (χ0) is 21.5. The number of fused-ring (bicyclic) bond motifs is 4. The van der Waals surface area contributed by atoms with Gasteiger partial charge in [0.1, 0.15) is 5.75 Å².